The first-order valence-electron chi connectivity index (χ1n) is 11.4. The van der Waals surface area contributed by atoms with Crippen LogP contribution in [0.15, 0.2) is 91.0 Å². The lowest BCUT2D eigenvalue weighted by Gasteiger charge is -2.18. The van der Waals surface area contributed by atoms with E-state index in [9.17, 15) is 24.3 Å². The number of aromatic carboxylic acids is 1. The Morgan fingerprint density at radius 3 is 2.16 bits per heavy atom. The van der Waals surface area contributed by atoms with Crippen LogP contribution in [0.2, 0.25) is 0 Å². The zero-order chi connectivity index (χ0) is 26.1. The van der Waals surface area contributed by atoms with Crippen molar-refractivity contribution in [3.63, 3.8) is 0 Å². The zero-order valence-electron chi connectivity index (χ0n) is 19.7. The van der Waals surface area contributed by atoms with E-state index in [1.807, 2.05) is 49.4 Å². The van der Waals surface area contributed by atoms with Crippen LogP contribution in [0.4, 0.5) is 22.7 Å². The summed E-state index contributed by atoms with van der Waals surface area (Å²) in [6.07, 6.45) is 0. The maximum atomic E-state index is 13.4. The summed E-state index contributed by atoms with van der Waals surface area (Å²) in [5, 5.41) is 15.3. The fourth-order valence-corrected chi connectivity index (χ4v) is 4.09. The first-order chi connectivity index (χ1) is 17.8. The fraction of sp³-hybridized carbons (Fsp3) is 0.0345. The van der Waals surface area contributed by atoms with E-state index in [1.54, 1.807) is 24.3 Å². The van der Waals surface area contributed by atoms with Crippen LogP contribution in [-0.2, 0) is 0 Å². The van der Waals surface area contributed by atoms with Crippen molar-refractivity contribution in [3.05, 3.63) is 119 Å². The highest BCUT2D eigenvalue weighted by Gasteiger charge is 2.37. The smallest absolute Gasteiger partial charge is 0.335 e. The number of rotatable bonds is 6. The number of fused-ring (bicyclic) bond motifs is 1. The average molecular weight is 492 g/mol. The summed E-state index contributed by atoms with van der Waals surface area (Å²) in [6, 6.07) is 25.0. The average Bonchev–Trinajstić information content (AvgIpc) is 3.15. The van der Waals surface area contributed by atoms with E-state index in [2.05, 4.69) is 10.6 Å². The van der Waals surface area contributed by atoms with Gasteiger partial charge < -0.3 is 15.7 Å². The Kier molecular flexibility index (Phi) is 5.99. The van der Waals surface area contributed by atoms with Gasteiger partial charge in [0.05, 0.1) is 33.6 Å². The number of hydrogen-bond acceptors (Lipinski definition) is 5. The molecule has 3 amide bonds. The molecule has 0 saturated carbocycles. The predicted octanol–water partition coefficient (Wildman–Crippen LogP) is 5.49. The molecule has 0 saturated heterocycles. The minimum Gasteiger partial charge on any atom is -0.478 e. The van der Waals surface area contributed by atoms with Crippen molar-refractivity contribution in [3.8, 4) is 0 Å². The zero-order valence-corrected chi connectivity index (χ0v) is 19.7. The van der Waals surface area contributed by atoms with E-state index in [-0.39, 0.29) is 27.9 Å². The van der Waals surface area contributed by atoms with Gasteiger partial charge in [0.2, 0.25) is 0 Å². The lowest BCUT2D eigenvalue weighted by molar-refractivity contribution is 0.0696. The van der Waals surface area contributed by atoms with Gasteiger partial charge in [0.1, 0.15) is 0 Å². The SMILES string of the molecule is Cc1ccc(NC(=O)c2cc(N3C(=O)c4ccc(C(=O)O)cc4C3=O)ccc2Nc2ccccc2)cc1. The molecule has 3 N–H and O–H groups in total. The summed E-state index contributed by atoms with van der Waals surface area (Å²) in [5.41, 5.74) is 3.28. The van der Waals surface area contributed by atoms with Gasteiger partial charge in [0, 0.05) is 11.4 Å². The number of benzene rings is 4. The van der Waals surface area contributed by atoms with Crippen LogP contribution in [0.25, 0.3) is 0 Å². The van der Waals surface area contributed by atoms with Gasteiger partial charge in [0.15, 0.2) is 0 Å². The number of carbonyl (C=O) groups is 4. The highest BCUT2D eigenvalue weighted by Crippen LogP contribution is 2.33. The number of para-hydroxylation sites is 1. The van der Waals surface area contributed by atoms with Crippen molar-refractivity contribution in [2.24, 2.45) is 0 Å². The van der Waals surface area contributed by atoms with Crippen LogP contribution < -0.4 is 15.5 Å². The third-order valence-corrected chi connectivity index (χ3v) is 6.00. The second-order valence-corrected chi connectivity index (χ2v) is 8.55. The Bertz CT molecular complexity index is 1560. The van der Waals surface area contributed by atoms with Gasteiger partial charge >= 0.3 is 5.97 Å². The molecule has 8 nitrogen and oxygen atoms in total. The molecule has 0 atom stereocenters. The van der Waals surface area contributed by atoms with Crippen molar-refractivity contribution < 1.29 is 24.3 Å². The molecular weight excluding hydrogens is 470 g/mol. The Labute approximate surface area is 212 Å². The van der Waals surface area contributed by atoms with Gasteiger partial charge in [0.25, 0.3) is 17.7 Å². The third-order valence-electron chi connectivity index (χ3n) is 6.00. The minimum atomic E-state index is -1.20. The molecule has 0 unspecified atom stereocenters. The molecular formula is C29H21N3O5. The summed E-state index contributed by atoms with van der Waals surface area (Å²) in [5.74, 6) is -2.89. The topological polar surface area (TPSA) is 116 Å². The van der Waals surface area contributed by atoms with E-state index in [0.717, 1.165) is 16.2 Å². The number of carboxylic acids is 1. The van der Waals surface area contributed by atoms with Gasteiger partial charge in [-0.2, -0.15) is 0 Å². The summed E-state index contributed by atoms with van der Waals surface area (Å²) in [6.45, 7) is 1.94. The fourth-order valence-electron chi connectivity index (χ4n) is 4.09. The second kappa shape index (κ2) is 9.43. The normalized spacial score (nSPS) is 12.3. The highest BCUT2D eigenvalue weighted by molar-refractivity contribution is 6.35. The van der Waals surface area contributed by atoms with Crippen molar-refractivity contribution in [2.45, 2.75) is 6.92 Å². The molecule has 5 rings (SSSR count). The van der Waals surface area contributed by atoms with Crippen LogP contribution in [-0.4, -0.2) is 28.8 Å². The van der Waals surface area contributed by atoms with Gasteiger partial charge in [-0.1, -0.05) is 35.9 Å². The molecule has 182 valence electrons. The van der Waals surface area contributed by atoms with Crippen LogP contribution in [0.1, 0.15) is 47.0 Å². The number of amides is 3. The number of nitrogens with zero attached hydrogens (tertiary/aromatic N) is 1. The van der Waals surface area contributed by atoms with Gasteiger partial charge in [-0.15, -0.1) is 0 Å². The van der Waals surface area contributed by atoms with Crippen LogP contribution in [0, 0.1) is 6.92 Å². The van der Waals surface area contributed by atoms with Crippen molar-refractivity contribution in [1.29, 1.82) is 0 Å². The van der Waals surface area contributed by atoms with Crippen molar-refractivity contribution in [2.75, 3.05) is 15.5 Å². The maximum Gasteiger partial charge on any atom is 0.335 e. The largest absolute Gasteiger partial charge is 0.478 e. The third kappa shape index (κ3) is 4.55. The monoisotopic (exact) mass is 491 g/mol. The highest BCUT2D eigenvalue weighted by atomic mass is 16.4. The van der Waals surface area contributed by atoms with E-state index in [1.165, 1.54) is 24.3 Å². The Morgan fingerprint density at radius 1 is 0.757 bits per heavy atom. The number of carbonyl (C=O) groups excluding carboxylic acids is 3. The van der Waals surface area contributed by atoms with Crippen molar-refractivity contribution in [1.82, 2.24) is 0 Å². The Morgan fingerprint density at radius 2 is 1.46 bits per heavy atom. The molecule has 0 radical (unpaired) electrons. The van der Waals surface area contributed by atoms with E-state index < -0.39 is 23.7 Å². The van der Waals surface area contributed by atoms with Gasteiger partial charge in [-0.3, -0.25) is 14.4 Å². The predicted molar refractivity (Wildman–Crippen MR) is 140 cm³/mol. The van der Waals surface area contributed by atoms with Gasteiger partial charge in [-0.05, 0) is 67.6 Å². The standard InChI is InChI=1S/C29H21N3O5/c1-17-7-10-20(11-8-17)31-26(33)24-16-21(12-14-25(24)30-19-5-3-2-4-6-19)32-27(34)22-13-9-18(29(36)37)15-23(22)28(32)35/h2-16,30H,1H3,(H,31,33)(H,36,37). The molecule has 4 aromatic carbocycles. The molecule has 0 aliphatic carbocycles. The van der Waals surface area contributed by atoms with E-state index in [0.29, 0.717) is 11.4 Å². The molecule has 0 spiro atoms. The molecule has 4 aromatic rings. The summed E-state index contributed by atoms with van der Waals surface area (Å²) >= 11 is 0. The van der Waals surface area contributed by atoms with Crippen LogP contribution in [0.5, 0.6) is 0 Å². The molecule has 8 heteroatoms. The molecule has 1 heterocycles. The van der Waals surface area contributed by atoms with Gasteiger partial charge in [-0.25, -0.2) is 9.69 Å². The number of nitrogens with one attached hydrogen (secondary N) is 2. The second-order valence-electron chi connectivity index (χ2n) is 8.55. The van der Waals surface area contributed by atoms with Crippen molar-refractivity contribution >= 4 is 46.4 Å². The molecule has 37 heavy (non-hydrogen) atoms. The molecule has 0 fully saturated rings. The van der Waals surface area contributed by atoms with E-state index in [4.69, 9.17) is 0 Å². The Hall–Kier alpha value is -5.24. The summed E-state index contributed by atoms with van der Waals surface area (Å²) < 4.78 is 0. The van der Waals surface area contributed by atoms with Crippen LogP contribution in [0.3, 0.4) is 0 Å². The summed E-state index contributed by atoms with van der Waals surface area (Å²) in [4.78, 5) is 51.9. The summed E-state index contributed by atoms with van der Waals surface area (Å²) in [7, 11) is 0. The number of carboxylic acid groups (broad SMARTS) is 1. The molecule has 0 bridgehead atoms. The Balaban J connectivity index is 1.53. The molecule has 1 aliphatic heterocycles. The minimum absolute atomic E-state index is 0.00189. The quantitative estimate of drug-likeness (QED) is 0.307. The maximum absolute atomic E-state index is 13.4. The first-order valence-corrected chi connectivity index (χ1v) is 11.4. The lowest BCUT2D eigenvalue weighted by Crippen LogP contribution is -2.29. The molecule has 0 aromatic heterocycles. The number of hydrogen-bond donors (Lipinski definition) is 3. The van der Waals surface area contributed by atoms with Crippen LogP contribution >= 0.6 is 0 Å². The first kappa shape index (κ1) is 23.5. The van der Waals surface area contributed by atoms with E-state index >= 15 is 0 Å². The number of imide groups is 1. The number of anilines is 4. The number of aryl methyl sites for hydroxylation is 1. The lowest BCUT2D eigenvalue weighted by atomic mass is 10.1. The molecule has 1 aliphatic rings.